The van der Waals surface area contributed by atoms with E-state index in [1.807, 2.05) is 19.9 Å². The summed E-state index contributed by atoms with van der Waals surface area (Å²) in [6.45, 7) is 6.34. The van der Waals surface area contributed by atoms with Gasteiger partial charge in [-0.1, -0.05) is 37.4 Å². The summed E-state index contributed by atoms with van der Waals surface area (Å²) in [6, 6.07) is 5.41. The molecular weight excluding hydrogens is 428 g/mol. The molecule has 3 aromatic rings. The molecule has 2 heterocycles. The van der Waals surface area contributed by atoms with Crippen molar-refractivity contribution in [3.05, 3.63) is 58.8 Å². The molecule has 0 aliphatic rings. The Kier molecular flexibility index (Phi) is 7.95. The highest BCUT2D eigenvalue weighted by atomic mass is 35.5. The molecular formula is C23H25ClN6O2. The Hall–Kier alpha value is -3.25. The lowest BCUT2D eigenvalue weighted by Crippen LogP contribution is -2.40. The second-order valence-electron chi connectivity index (χ2n) is 7.14. The summed E-state index contributed by atoms with van der Waals surface area (Å²) in [5.41, 5.74) is 7.07. The van der Waals surface area contributed by atoms with E-state index in [0.717, 1.165) is 23.9 Å². The first kappa shape index (κ1) is 23.4. The van der Waals surface area contributed by atoms with E-state index in [9.17, 15) is 9.90 Å². The summed E-state index contributed by atoms with van der Waals surface area (Å²) >= 11 is 6.10. The van der Waals surface area contributed by atoms with Crippen LogP contribution in [-0.2, 0) is 0 Å². The van der Waals surface area contributed by atoms with Gasteiger partial charge >= 0.3 is 0 Å². The molecule has 2 aromatic heterocycles. The van der Waals surface area contributed by atoms with E-state index in [0.29, 0.717) is 28.6 Å². The minimum absolute atomic E-state index is 0.133. The third-order valence-corrected chi connectivity index (χ3v) is 5.18. The maximum Gasteiger partial charge on any atom is 0.271 e. The number of pyridine rings is 1. The van der Waals surface area contributed by atoms with Gasteiger partial charge in [0.15, 0.2) is 0 Å². The zero-order valence-corrected chi connectivity index (χ0v) is 18.7. The summed E-state index contributed by atoms with van der Waals surface area (Å²) in [5, 5.41) is 15.0. The molecule has 1 aromatic carbocycles. The fourth-order valence-electron chi connectivity index (χ4n) is 3.11. The lowest BCUT2D eigenvalue weighted by atomic mass is 10.1. The van der Waals surface area contributed by atoms with Crippen LogP contribution in [0.1, 0.15) is 35.6 Å². The van der Waals surface area contributed by atoms with E-state index in [-0.39, 0.29) is 12.2 Å². The number of hydrogen-bond acceptors (Lipinski definition) is 7. The van der Waals surface area contributed by atoms with E-state index in [1.165, 1.54) is 12.4 Å². The minimum atomic E-state index is -0.662. The van der Waals surface area contributed by atoms with Crippen molar-refractivity contribution in [2.24, 2.45) is 0 Å². The molecule has 3 rings (SSSR count). The molecule has 0 fully saturated rings. The van der Waals surface area contributed by atoms with Gasteiger partial charge in [-0.2, -0.15) is 0 Å². The molecule has 8 nitrogen and oxygen atoms in total. The van der Waals surface area contributed by atoms with Crippen molar-refractivity contribution in [1.29, 1.82) is 0 Å². The van der Waals surface area contributed by atoms with Gasteiger partial charge in [0.05, 0.1) is 24.1 Å². The van der Waals surface area contributed by atoms with Crippen molar-refractivity contribution < 1.29 is 9.90 Å². The Bertz CT molecular complexity index is 1150. The molecule has 0 saturated heterocycles. The van der Waals surface area contributed by atoms with Crippen LogP contribution in [0.25, 0.3) is 10.8 Å². The molecule has 0 bridgehead atoms. The molecule has 1 unspecified atom stereocenters. The number of aromatic nitrogens is 3. The van der Waals surface area contributed by atoms with Gasteiger partial charge in [0.25, 0.3) is 5.91 Å². The zero-order chi connectivity index (χ0) is 23.1. The summed E-state index contributed by atoms with van der Waals surface area (Å²) in [7, 11) is 0. The van der Waals surface area contributed by atoms with Crippen molar-refractivity contribution in [2.75, 3.05) is 31.9 Å². The number of nitrogens with two attached hydrogens (primary N) is 1. The number of halogens is 1. The molecule has 1 atom stereocenters. The van der Waals surface area contributed by atoms with Gasteiger partial charge in [0.1, 0.15) is 17.2 Å². The van der Waals surface area contributed by atoms with Crippen LogP contribution in [0, 0.1) is 11.8 Å². The van der Waals surface area contributed by atoms with Crippen LogP contribution >= 0.6 is 11.6 Å². The highest BCUT2D eigenvalue weighted by Gasteiger charge is 2.13. The van der Waals surface area contributed by atoms with Crippen LogP contribution in [0.4, 0.5) is 5.82 Å². The lowest BCUT2D eigenvalue weighted by molar-refractivity contribution is 0.0865. The Labute approximate surface area is 191 Å². The fourth-order valence-corrected chi connectivity index (χ4v) is 3.28. The summed E-state index contributed by atoms with van der Waals surface area (Å²) in [4.78, 5) is 26.8. The van der Waals surface area contributed by atoms with Crippen molar-refractivity contribution >= 4 is 34.1 Å². The Morgan fingerprint density at radius 3 is 2.66 bits per heavy atom. The standard InChI is InChI=1S/C23H25ClN6O2/c1-3-30(4-2)14-18(31)12-29-23(32)21-13-26-17(11-27-21)7-8-19-20-9-16(24)6-5-15(20)10-28-22(19)25/h5-6,9-11,13,18,31H,3-4,12,14H2,1-2H3,(H2,25,28)(H,29,32). The van der Waals surface area contributed by atoms with Gasteiger partial charge < -0.3 is 21.1 Å². The number of amides is 1. The number of likely N-dealkylation sites (N-methyl/N-ethyl adjacent to an activating group) is 1. The Morgan fingerprint density at radius 1 is 1.19 bits per heavy atom. The third kappa shape index (κ3) is 5.92. The zero-order valence-electron chi connectivity index (χ0n) is 18.0. The first-order valence-corrected chi connectivity index (χ1v) is 10.7. The van der Waals surface area contributed by atoms with Crippen molar-refractivity contribution in [1.82, 2.24) is 25.2 Å². The number of benzene rings is 1. The topological polar surface area (TPSA) is 117 Å². The number of rotatable bonds is 7. The van der Waals surface area contributed by atoms with Gasteiger partial charge in [-0.25, -0.2) is 15.0 Å². The first-order valence-electron chi connectivity index (χ1n) is 10.3. The number of carbonyl (C=O) groups excluding carboxylic acids is 1. The van der Waals surface area contributed by atoms with Gasteiger partial charge in [0, 0.05) is 35.1 Å². The van der Waals surface area contributed by atoms with Crippen LogP contribution in [0.15, 0.2) is 36.8 Å². The summed E-state index contributed by atoms with van der Waals surface area (Å²) in [6.07, 6.45) is 3.76. The largest absolute Gasteiger partial charge is 0.390 e. The van der Waals surface area contributed by atoms with E-state index < -0.39 is 12.0 Å². The van der Waals surface area contributed by atoms with Crippen molar-refractivity contribution in [3.63, 3.8) is 0 Å². The van der Waals surface area contributed by atoms with Crippen molar-refractivity contribution in [3.8, 4) is 11.8 Å². The number of nitrogens with one attached hydrogen (secondary N) is 1. The second-order valence-corrected chi connectivity index (χ2v) is 7.57. The van der Waals surface area contributed by atoms with Crippen LogP contribution in [0.2, 0.25) is 5.02 Å². The summed E-state index contributed by atoms with van der Waals surface area (Å²) in [5.74, 6) is 5.76. The monoisotopic (exact) mass is 452 g/mol. The van der Waals surface area contributed by atoms with Gasteiger partial charge in [0.2, 0.25) is 0 Å². The number of fused-ring (bicyclic) bond motifs is 1. The number of aliphatic hydroxyl groups excluding tert-OH is 1. The number of aliphatic hydroxyl groups is 1. The molecule has 1 amide bonds. The van der Waals surface area contributed by atoms with E-state index in [1.54, 1.807) is 18.3 Å². The Morgan fingerprint density at radius 2 is 1.97 bits per heavy atom. The van der Waals surface area contributed by atoms with Crippen LogP contribution in [0.5, 0.6) is 0 Å². The number of carbonyl (C=O) groups is 1. The molecule has 0 aliphatic carbocycles. The highest BCUT2D eigenvalue weighted by molar-refractivity contribution is 6.31. The quantitative estimate of drug-likeness (QED) is 0.470. The molecule has 0 radical (unpaired) electrons. The van der Waals surface area contributed by atoms with Gasteiger partial charge in [-0.05, 0) is 31.1 Å². The predicted molar refractivity (Wildman–Crippen MR) is 125 cm³/mol. The number of anilines is 1. The minimum Gasteiger partial charge on any atom is -0.390 e. The lowest BCUT2D eigenvalue weighted by Gasteiger charge is -2.21. The molecule has 9 heteroatoms. The molecule has 166 valence electrons. The van der Waals surface area contributed by atoms with E-state index >= 15 is 0 Å². The van der Waals surface area contributed by atoms with Crippen LogP contribution < -0.4 is 11.1 Å². The molecule has 4 N–H and O–H groups in total. The first-order chi connectivity index (χ1) is 15.4. The highest BCUT2D eigenvalue weighted by Crippen LogP contribution is 2.24. The van der Waals surface area contributed by atoms with Gasteiger partial charge in [-0.3, -0.25) is 4.79 Å². The Balaban J connectivity index is 1.68. The third-order valence-electron chi connectivity index (χ3n) is 4.95. The van der Waals surface area contributed by atoms with Crippen LogP contribution in [-0.4, -0.2) is 63.1 Å². The normalized spacial score (nSPS) is 11.8. The molecule has 0 spiro atoms. The smallest absolute Gasteiger partial charge is 0.271 e. The second kappa shape index (κ2) is 10.9. The van der Waals surface area contributed by atoms with E-state index in [2.05, 4.69) is 37.0 Å². The molecule has 0 aliphatic heterocycles. The average Bonchev–Trinajstić information content (AvgIpc) is 2.80. The maximum atomic E-state index is 12.3. The average molecular weight is 453 g/mol. The van der Waals surface area contributed by atoms with E-state index in [4.69, 9.17) is 17.3 Å². The number of hydrogen-bond donors (Lipinski definition) is 3. The predicted octanol–water partition coefficient (Wildman–Crippen LogP) is 2.09. The van der Waals surface area contributed by atoms with Gasteiger partial charge in [-0.15, -0.1) is 0 Å². The molecule has 0 saturated carbocycles. The fraction of sp³-hybridized carbons (Fsp3) is 0.304. The van der Waals surface area contributed by atoms with Crippen LogP contribution in [0.3, 0.4) is 0 Å². The maximum absolute atomic E-state index is 12.3. The van der Waals surface area contributed by atoms with Crippen molar-refractivity contribution in [2.45, 2.75) is 20.0 Å². The SMILES string of the molecule is CCN(CC)CC(O)CNC(=O)c1cnc(C#Cc2c(N)ncc3ccc(Cl)cc23)cn1. The summed E-state index contributed by atoms with van der Waals surface area (Å²) < 4.78 is 0. The molecule has 32 heavy (non-hydrogen) atoms. The number of nitrogens with zero attached hydrogens (tertiary/aromatic N) is 4. The number of nitrogen functional groups attached to an aromatic ring is 1.